The Kier molecular flexibility index (Phi) is 18.9. The van der Waals surface area contributed by atoms with Crippen LogP contribution >= 0.6 is 0 Å². The van der Waals surface area contributed by atoms with Crippen molar-refractivity contribution in [2.24, 2.45) is 0 Å². The zero-order chi connectivity index (χ0) is 9.07. The van der Waals surface area contributed by atoms with E-state index >= 15 is 0 Å². The Hall–Kier alpha value is 0.740. The SMILES string of the molecule is [Ag+].[CH2-]CCCCCCCCCCC. The van der Waals surface area contributed by atoms with Crippen LogP contribution in [0.4, 0.5) is 0 Å². The van der Waals surface area contributed by atoms with E-state index in [-0.39, 0.29) is 22.4 Å². The van der Waals surface area contributed by atoms with Crippen molar-refractivity contribution < 1.29 is 22.4 Å². The second-order valence-corrected chi connectivity index (χ2v) is 3.68. The molecule has 0 heterocycles. The molecule has 13 heavy (non-hydrogen) atoms. The van der Waals surface area contributed by atoms with Crippen LogP contribution in [0.25, 0.3) is 0 Å². The molecule has 0 saturated heterocycles. The quantitative estimate of drug-likeness (QED) is 0.324. The molecule has 0 unspecified atom stereocenters. The maximum absolute atomic E-state index is 3.84. The Morgan fingerprint density at radius 3 is 1.46 bits per heavy atom. The van der Waals surface area contributed by atoms with Crippen molar-refractivity contribution in [3.8, 4) is 0 Å². The summed E-state index contributed by atoms with van der Waals surface area (Å²) in [5.74, 6) is 0. The van der Waals surface area contributed by atoms with Gasteiger partial charge in [-0.3, -0.25) is 0 Å². The summed E-state index contributed by atoms with van der Waals surface area (Å²) in [4.78, 5) is 0. The Labute approximate surface area is 100 Å². The molecular formula is C12H25Ag. The van der Waals surface area contributed by atoms with Gasteiger partial charge in [-0.25, -0.2) is 0 Å². The van der Waals surface area contributed by atoms with Crippen molar-refractivity contribution in [2.75, 3.05) is 0 Å². The zero-order valence-corrected chi connectivity index (χ0v) is 10.6. The molecular weight excluding hydrogens is 252 g/mol. The third-order valence-electron chi connectivity index (χ3n) is 2.35. The molecule has 0 aliphatic rings. The van der Waals surface area contributed by atoms with E-state index in [1.54, 1.807) is 0 Å². The molecule has 0 fully saturated rings. The largest absolute Gasteiger partial charge is 1.00 e. The number of hydrogen-bond donors (Lipinski definition) is 0. The molecule has 0 aromatic rings. The van der Waals surface area contributed by atoms with Crippen molar-refractivity contribution in [1.82, 2.24) is 0 Å². The molecule has 0 atom stereocenters. The fourth-order valence-electron chi connectivity index (χ4n) is 1.49. The van der Waals surface area contributed by atoms with Crippen LogP contribution in [-0.2, 0) is 22.4 Å². The van der Waals surface area contributed by atoms with E-state index in [1.807, 2.05) is 0 Å². The van der Waals surface area contributed by atoms with Gasteiger partial charge < -0.3 is 6.92 Å². The summed E-state index contributed by atoms with van der Waals surface area (Å²) in [6.45, 7) is 6.12. The predicted molar refractivity (Wildman–Crippen MR) is 57.2 cm³/mol. The van der Waals surface area contributed by atoms with E-state index in [9.17, 15) is 0 Å². The third-order valence-corrected chi connectivity index (χ3v) is 2.35. The van der Waals surface area contributed by atoms with Crippen LogP contribution in [0.2, 0.25) is 0 Å². The Balaban J connectivity index is 0. The average Bonchev–Trinajstić information content (AvgIpc) is 2.10. The van der Waals surface area contributed by atoms with Crippen molar-refractivity contribution in [1.29, 1.82) is 0 Å². The first-order valence-electron chi connectivity index (χ1n) is 5.71. The first kappa shape index (κ1) is 16.2. The van der Waals surface area contributed by atoms with Crippen molar-refractivity contribution in [3.63, 3.8) is 0 Å². The topological polar surface area (TPSA) is 0 Å². The molecule has 0 aromatic carbocycles. The van der Waals surface area contributed by atoms with Gasteiger partial charge in [-0.15, -0.1) is 0 Å². The molecule has 1 heteroatoms. The molecule has 0 aromatic heterocycles. The van der Waals surface area contributed by atoms with E-state index in [4.69, 9.17) is 0 Å². The summed E-state index contributed by atoms with van der Waals surface area (Å²) in [5, 5.41) is 0. The van der Waals surface area contributed by atoms with Crippen LogP contribution in [0, 0.1) is 6.92 Å². The van der Waals surface area contributed by atoms with Gasteiger partial charge in [-0.2, -0.15) is 6.42 Å². The number of rotatable bonds is 9. The smallest absolute Gasteiger partial charge is 0.343 e. The average molecular weight is 277 g/mol. The zero-order valence-electron chi connectivity index (χ0n) is 9.08. The van der Waals surface area contributed by atoms with Gasteiger partial charge >= 0.3 is 22.4 Å². The number of hydrogen-bond acceptors (Lipinski definition) is 0. The molecule has 0 aliphatic carbocycles. The van der Waals surface area contributed by atoms with E-state index in [0.717, 1.165) is 6.42 Å². The summed E-state index contributed by atoms with van der Waals surface area (Å²) >= 11 is 0. The molecule has 0 radical (unpaired) electrons. The van der Waals surface area contributed by atoms with Gasteiger partial charge in [0.1, 0.15) is 0 Å². The summed E-state index contributed by atoms with van der Waals surface area (Å²) < 4.78 is 0. The molecule has 0 amide bonds. The maximum Gasteiger partial charge on any atom is 1.00 e. The predicted octanol–water partition coefficient (Wildman–Crippen LogP) is 4.74. The van der Waals surface area contributed by atoms with E-state index in [1.165, 1.54) is 57.8 Å². The molecule has 0 nitrogen and oxygen atoms in total. The maximum atomic E-state index is 3.84. The van der Waals surface area contributed by atoms with Crippen molar-refractivity contribution in [2.45, 2.75) is 71.1 Å². The molecule has 84 valence electrons. The monoisotopic (exact) mass is 276 g/mol. The summed E-state index contributed by atoms with van der Waals surface area (Å²) in [5.41, 5.74) is 0. The van der Waals surface area contributed by atoms with Crippen LogP contribution in [0.3, 0.4) is 0 Å². The Morgan fingerprint density at radius 2 is 1.08 bits per heavy atom. The fourth-order valence-corrected chi connectivity index (χ4v) is 1.49. The minimum Gasteiger partial charge on any atom is -0.343 e. The summed E-state index contributed by atoms with van der Waals surface area (Å²) in [7, 11) is 0. The second-order valence-electron chi connectivity index (χ2n) is 3.68. The van der Waals surface area contributed by atoms with Gasteiger partial charge in [0, 0.05) is 0 Å². The molecule has 0 N–H and O–H groups in total. The van der Waals surface area contributed by atoms with Crippen LogP contribution in [-0.4, -0.2) is 0 Å². The van der Waals surface area contributed by atoms with Gasteiger partial charge in [0.25, 0.3) is 0 Å². The van der Waals surface area contributed by atoms with Crippen molar-refractivity contribution >= 4 is 0 Å². The van der Waals surface area contributed by atoms with Gasteiger partial charge in [-0.1, -0.05) is 64.7 Å². The van der Waals surface area contributed by atoms with Gasteiger partial charge in [0.15, 0.2) is 0 Å². The summed E-state index contributed by atoms with van der Waals surface area (Å²) in [6.07, 6.45) is 13.9. The first-order chi connectivity index (χ1) is 5.91. The van der Waals surface area contributed by atoms with Crippen LogP contribution in [0.5, 0.6) is 0 Å². The molecule has 0 aliphatic heterocycles. The molecule has 0 rings (SSSR count). The van der Waals surface area contributed by atoms with Crippen LogP contribution in [0.1, 0.15) is 71.1 Å². The minimum atomic E-state index is 0. The van der Waals surface area contributed by atoms with Gasteiger partial charge in [-0.05, 0) is 0 Å². The number of unbranched alkanes of at least 4 members (excludes halogenated alkanes) is 9. The van der Waals surface area contributed by atoms with E-state index in [2.05, 4.69) is 13.8 Å². The Morgan fingerprint density at radius 1 is 0.692 bits per heavy atom. The van der Waals surface area contributed by atoms with E-state index < -0.39 is 0 Å². The van der Waals surface area contributed by atoms with Gasteiger partial charge in [0.2, 0.25) is 0 Å². The fraction of sp³-hybridized carbons (Fsp3) is 0.917. The normalized spacial score (nSPS) is 9.69. The third kappa shape index (κ3) is 15.5. The van der Waals surface area contributed by atoms with Gasteiger partial charge in [0.05, 0.1) is 0 Å². The molecule has 0 bridgehead atoms. The standard InChI is InChI=1S/C12H25.Ag/c1-3-5-7-9-11-12-10-8-6-4-2;/h1,3-12H2,2H3;/q-1;+1. The first-order valence-corrected chi connectivity index (χ1v) is 5.71. The minimum absolute atomic E-state index is 0. The molecule has 0 saturated carbocycles. The second kappa shape index (κ2) is 15.2. The molecule has 0 spiro atoms. The van der Waals surface area contributed by atoms with Crippen molar-refractivity contribution in [3.05, 3.63) is 6.92 Å². The van der Waals surface area contributed by atoms with Crippen LogP contribution in [0.15, 0.2) is 0 Å². The summed E-state index contributed by atoms with van der Waals surface area (Å²) in [6, 6.07) is 0. The van der Waals surface area contributed by atoms with E-state index in [0.29, 0.717) is 0 Å². The van der Waals surface area contributed by atoms with Crippen LogP contribution < -0.4 is 0 Å². The Bertz CT molecular complexity index is 61.5.